The molecule has 0 unspecified atom stereocenters. The lowest BCUT2D eigenvalue weighted by atomic mass is 9.97. The molecule has 1 N–H and O–H groups in total. The summed E-state index contributed by atoms with van der Waals surface area (Å²) in [6.45, 7) is 2.07. The Morgan fingerprint density at radius 1 is 1.33 bits per heavy atom. The summed E-state index contributed by atoms with van der Waals surface area (Å²) in [7, 11) is 0. The van der Waals surface area contributed by atoms with Gasteiger partial charge in [0, 0.05) is 29.6 Å². The molecular formula is C18H19N3O2S. The van der Waals surface area contributed by atoms with E-state index in [-0.39, 0.29) is 18.1 Å². The van der Waals surface area contributed by atoms with E-state index in [0.717, 1.165) is 31.4 Å². The van der Waals surface area contributed by atoms with Crippen molar-refractivity contribution in [3.63, 3.8) is 0 Å². The Morgan fingerprint density at radius 2 is 2.21 bits per heavy atom. The number of thiocarbonyl (C=S) groups is 1. The number of nitrogens with one attached hydrogen (secondary N) is 1. The summed E-state index contributed by atoms with van der Waals surface area (Å²) in [5, 5.41) is 1.88. The maximum atomic E-state index is 12.9. The lowest BCUT2D eigenvalue weighted by Gasteiger charge is -2.28. The molecule has 5 nitrogen and oxygen atoms in total. The lowest BCUT2D eigenvalue weighted by molar-refractivity contribution is -0.129. The molecule has 5 rings (SSSR count). The Hall–Kier alpha value is -1.92. The van der Waals surface area contributed by atoms with Gasteiger partial charge in [0.05, 0.1) is 19.2 Å². The summed E-state index contributed by atoms with van der Waals surface area (Å²) in [5.41, 5.74) is 3.58. The minimum atomic E-state index is -0.161. The van der Waals surface area contributed by atoms with Crippen molar-refractivity contribution in [1.82, 2.24) is 14.8 Å². The number of H-pyrrole nitrogens is 1. The summed E-state index contributed by atoms with van der Waals surface area (Å²) in [5.74, 6) is 0.131. The molecule has 1 aromatic heterocycles. The molecule has 0 bridgehead atoms. The van der Waals surface area contributed by atoms with Crippen LogP contribution in [0.1, 0.15) is 24.1 Å². The maximum absolute atomic E-state index is 12.9. The van der Waals surface area contributed by atoms with Crippen LogP contribution in [0.4, 0.5) is 0 Å². The second-order valence-electron chi connectivity index (χ2n) is 6.84. The molecule has 2 saturated heterocycles. The van der Waals surface area contributed by atoms with E-state index < -0.39 is 0 Å². The van der Waals surface area contributed by atoms with Crippen LogP contribution < -0.4 is 0 Å². The van der Waals surface area contributed by atoms with Gasteiger partial charge >= 0.3 is 0 Å². The molecule has 1 aromatic carbocycles. The van der Waals surface area contributed by atoms with Crippen molar-refractivity contribution in [3.05, 3.63) is 35.5 Å². The van der Waals surface area contributed by atoms with E-state index >= 15 is 0 Å². The molecule has 0 aliphatic carbocycles. The van der Waals surface area contributed by atoms with E-state index in [1.54, 1.807) is 4.90 Å². The fourth-order valence-electron chi connectivity index (χ4n) is 4.22. The van der Waals surface area contributed by atoms with Gasteiger partial charge in [-0.1, -0.05) is 18.2 Å². The summed E-state index contributed by atoms with van der Waals surface area (Å²) in [6.07, 6.45) is 2.94. The van der Waals surface area contributed by atoms with Gasteiger partial charge in [-0.15, -0.1) is 0 Å². The number of aromatic amines is 1. The number of ether oxygens (including phenoxy) is 1. The molecule has 3 aliphatic heterocycles. The van der Waals surface area contributed by atoms with Crippen molar-refractivity contribution < 1.29 is 9.53 Å². The molecule has 3 aliphatic rings. The van der Waals surface area contributed by atoms with Gasteiger partial charge in [-0.05, 0) is 36.7 Å². The predicted molar refractivity (Wildman–Crippen MR) is 94.6 cm³/mol. The Kier molecular flexibility index (Phi) is 3.18. The molecule has 0 saturated carbocycles. The first-order valence-corrected chi connectivity index (χ1v) is 8.95. The first kappa shape index (κ1) is 14.4. The van der Waals surface area contributed by atoms with Crippen molar-refractivity contribution in [1.29, 1.82) is 0 Å². The van der Waals surface area contributed by atoms with Gasteiger partial charge in [-0.25, -0.2) is 0 Å². The van der Waals surface area contributed by atoms with Gasteiger partial charge < -0.3 is 14.6 Å². The number of para-hydroxylation sites is 1. The first-order valence-electron chi connectivity index (χ1n) is 8.54. The topological polar surface area (TPSA) is 48.6 Å². The average molecular weight is 341 g/mol. The van der Waals surface area contributed by atoms with Crippen LogP contribution >= 0.6 is 12.2 Å². The van der Waals surface area contributed by atoms with E-state index in [2.05, 4.69) is 22.0 Å². The standard InChI is InChI=1S/C18H19N3O2S/c22-17-16-8-13-12-5-1-2-6-14(12)19-15(13)10-20(16)18(24)21(17)9-11-4-3-7-23-11/h1-2,5-6,11,16,19H,3-4,7-10H2/t11-,16-/m0/s1. The number of fused-ring (bicyclic) bond motifs is 4. The smallest absolute Gasteiger partial charge is 0.251 e. The second-order valence-corrected chi connectivity index (χ2v) is 7.21. The van der Waals surface area contributed by atoms with Crippen LogP contribution in [-0.4, -0.2) is 51.1 Å². The Balaban J connectivity index is 1.46. The van der Waals surface area contributed by atoms with Crippen molar-refractivity contribution >= 4 is 34.1 Å². The van der Waals surface area contributed by atoms with Crippen LogP contribution in [0.2, 0.25) is 0 Å². The Labute approximate surface area is 145 Å². The summed E-state index contributed by atoms with van der Waals surface area (Å²) in [4.78, 5) is 20.3. The van der Waals surface area contributed by atoms with E-state index in [1.165, 1.54) is 16.6 Å². The highest BCUT2D eigenvalue weighted by atomic mass is 32.1. The number of carbonyl (C=O) groups is 1. The molecule has 6 heteroatoms. The van der Waals surface area contributed by atoms with Crippen LogP contribution in [0.3, 0.4) is 0 Å². The van der Waals surface area contributed by atoms with Gasteiger partial charge in [0.15, 0.2) is 5.11 Å². The minimum absolute atomic E-state index is 0.131. The summed E-state index contributed by atoms with van der Waals surface area (Å²) in [6, 6.07) is 8.13. The summed E-state index contributed by atoms with van der Waals surface area (Å²) >= 11 is 5.62. The molecule has 124 valence electrons. The number of rotatable bonds is 2. The molecule has 4 heterocycles. The van der Waals surface area contributed by atoms with Crippen molar-refractivity contribution in [2.45, 2.75) is 38.0 Å². The molecule has 2 aromatic rings. The average Bonchev–Trinajstić information content (AvgIpc) is 3.28. The van der Waals surface area contributed by atoms with Crippen LogP contribution in [0.5, 0.6) is 0 Å². The van der Waals surface area contributed by atoms with Crippen molar-refractivity contribution in [2.75, 3.05) is 13.2 Å². The molecule has 2 atom stereocenters. The lowest BCUT2D eigenvalue weighted by Crippen LogP contribution is -2.39. The third kappa shape index (κ3) is 2.03. The van der Waals surface area contributed by atoms with E-state index in [9.17, 15) is 4.79 Å². The fourth-order valence-corrected chi connectivity index (χ4v) is 4.58. The highest BCUT2D eigenvalue weighted by Crippen LogP contribution is 2.34. The van der Waals surface area contributed by atoms with Crippen molar-refractivity contribution in [3.8, 4) is 0 Å². The Bertz CT molecular complexity index is 840. The molecular weight excluding hydrogens is 322 g/mol. The number of nitrogens with zero attached hydrogens (tertiary/aromatic N) is 2. The van der Waals surface area contributed by atoms with E-state index in [0.29, 0.717) is 18.2 Å². The quantitative estimate of drug-likeness (QED) is 0.851. The first-order chi connectivity index (χ1) is 11.7. The minimum Gasteiger partial charge on any atom is -0.376 e. The van der Waals surface area contributed by atoms with Crippen LogP contribution in [0, 0.1) is 0 Å². The molecule has 1 amide bonds. The van der Waals surface area contributed by atoms with Crippen molar-refractivity contribution in [2.24, 2.45) is 0 Å². The number of aromatic nitrogens is 1. The number of hydrogen-bond donors (Lipinski definition) is 1. The highest BCUT2D eigenvalue weighted by Gasteiger charge is 2.46. The van der Waals surface area contributed by atoms with E-state index in [1.807, 2.05) is 12.1 Å². The van der Waals surface area contributed by atoms with Crippen LogP contribution in [0.15, 0.2) is 24.3 Å². The van der Waals surface area contributed by atoms with Crippen LogP contribution in [0.25, 0.3) is 10.9 Å². The largest absolute Gasteiger partial charge is 0.376 e. The number of carbonyl (C=O) groups excluding carboxylic acids is 1. The molecule has 0 spiro atoms. The predicted octanol–water partition coefficient (Wildman–Crippen LogP) is 2.20. The molecule has 0 radical (unpaired) electrons. The fraction of sp³-hybridized carbons (Fsp3) is 0.444. The van der Waals surface area contributed by atoms with E-state index in [4.69, 9.17) is 17.0 Å². The molecule has 24 heavy (non-hydrogen) atoms. The van der Waals surface area contributed by atoms with Gasteiger partial charge in [-0.3, -0.25) is 9.69 Å². The highest BCUT2D eigenvalue weighted by molar-refractivity contribution is 7.80. The third-order valence-electron chi connectivity index (χ3n) is 5.44. The van der Waals surface area contributed by atoms with Crippen LogP contribution in [-0.2, 0) is 22.5 Å². The molecule has 2 fully saturated rings. The van der Waals surface area contributed by atoms with Gasteiger partial charge in [0.1, 0.15) is 6.04 Å². The number of hydrogen-bond acceptors (Lipinski definition) is 3. The normalized spacial score (nSPS) is 26.3. The summed E-state index contributed by atoms with van der Waals surface area (Å²) < 4.78 is 5.69. The zero-order chi connectivity index (χ0) is 16.3. The maximum Gasteiger partial charge on any atom is 0.251 e. The SMILES string of the molecule is O=C1[C@@H]2Cc3c([nH]c4ccccc34)CN2C(=S)N1C[C@@H]1CCCO1. The second kappa shape index (κ2) is 5.29. The van der Waals surface area contributed by atoms with Gasteiger partial charge in [0.2, 0.25) is 0 Å². The number of amides is 1. The van der Waals surface area contributed by atoms with Gasteiger partial charge in [0.25, 0.3) is 5.91 Å². The number of benzene rings is 1. The monoisotopic (exact) mass is 341 g/mol. The Morgan fingerprint density at radius 3 is 3.04 bits per heavy atom. The zero-order valence-electron chi connectivity index (χ0n) is 13.3. The zero-order valence-corrected chi connectivity index (χ0v) is 14.1. The van der Waals surface area contributed by atoms with Gasteiger partial charge in [-0.2, -0.15) is 0 Å². The third-order valence-corrected chi connectivity index (χ3v) is 5.90.